The van der Waals surface area contributed by atoms with Gasteiger partial charge in [0.15, 0.2) is 5.84 Å². The zero-order chi connectivity index (χ0) is 13.1. The van der Waals surface area contributed by atoms with E-state index in [1.54, 1.807) is 12.3 Å². The second-order valence-electron chi connectivity index (χ2n) is 5.30. The van der Waals surface area contributed by atoms with Crippen LogP contribution < -0.4 is 10.6 Å². The van der Waals surface area contributed by atoms with Crippen LogP contribution in [0.1, 0.15) is 26.5 Å². The molecule has 0 aliphatic heterocycles. The molecule has 0 bridgehead atoms. The Kier molecular flexibility index (Phi) is 3.93. The van der Waals surface area contributed by atoms with Crippen molar-refractivity contribution in [1.29, 1.82) is 0 Å². The summed E-state index contributed by atoms with van der Waals surface area (Å²) in [5.41, 5.74) is 7.15. The van der Waals surface area contributed by atoms with Crippen LogP contribution in [0.4, 0.5) is 5.69 Å². The largest absolute Gasteiger partial charge is 0.409 e. The van der Waals surface area contributed by atoms with Crippen LogP contribution in [0.2, 0.25) is 0 Å². The predicted molar refractivity (Wildman–Crippen MR) is 69.5 cm³/mol. The minimum atomic E-state index is 0.0232. The number of nitrogens with zero attached hydrogens (tertiary/aromatic N) is 3. The molecule has 0 saturated heterocycles. The first kappa shape index (κ1) is 13.3. The lowest BCUT2D eigenvalue weighted by molar-refractivity contribution is 0.318. The number of aromatic nitrogens is 1. The molecule has 1 aromatic rings. The fourth-order valence-electron chi connectivity index (χ4n) is 1.62. The van der Waals surface area contributed by atoms with E-state index in [0.29, 0.717) is 5.69 Å². The fourth-order valence-corrected chi connectivity index (χ4v) is 1.62. The fraction of sp³-hybridized carbons (Fsp3) is 0.500. The van der Waals surface area contributed by atoms with E-state index in [1.807, 2.05) is 13.1 Å². The van der Waals surface area contributed by atoms with Crippen molar-refractivity contribution in [3.05, 3.63) is 24.0 Å². The van der Waals surface area contributed by atoms with Crippen LogP contribution in [0.3, 0.4) is 0 Å². The molecule has 3 N–H and O–H groups in total. The Balaban J connectivity index is 2.81. The summed E-state index contributed by atoms with van der Waals surface area (Å²) in [4.78, 5) is 6.27. The summed E-state index contributed by atoms with van der Waals surface area (Å²) in [6, 6.07) is 3.65. The highest BCUT2D eigenvalue weighted by atomic mass is 16.4. The van der Waals surface area contributed by atoms with Crippen LogP contribution in [0.15, 0.2) is 23.5 Å². The smallest absolute Gasteiger partial charge is 0.188 e. The number of amidine groups is 1. The van der Waals surface area contributed by atoms with Gasteiger partial charge in [0.25, 0.3) is 0 Å². The highest BCUT2D eigenvalue weighted by molar-refractivity contribution is 5.95. The van der Waals surface area contributed by atoms with Crippen LogP contribution in [0, 0.1) is 5.41 Å². The first-order chi connectivity index (χ1) is 7.83. The Morgan fingerprint density at radius 2 is 2.12 bits per heavy atom. The van der Waals surface area contributed by atoms with Gasteiger partial charge in [-0.2, -0.15) is 0 Å². The third-order valence-corrected chi connectivity index (χ3v) is 2.27. The van der Waals surface area contributed by atoms with E-state index in [1.165, 1.54) is 0 Å². The predicted octanol–water partition coefficient (Wildman–Crippen LogP) is 1.66. The molecule has 0 saturated carbocycles. The van der Waals surface area contributed by atoms with Crippen molar-refractivity contribution in [2.24, 2.45) is 16.3 Å². The van der Waals surface area contributed by atoms with Gasteiger partial charge in [-0.25, -0.2) is 0 Å². The Bertz CT molecular complexity index is 392. The second-order valence-corrected chi connectivity index (χ2v) is 5.30. The van der Waals surface area contributed by atoms with E-state index in [2.05, 4.69) is 35.8 Å². The minimum absolute atomic E-state index is 0.0232. The topological polar surface area (TPSA) is 74.7 Å². The van der Waals surface area contributed by atoms with Crippen molar-refractivity contribution in [2.45, 2.75) is 20.8 Å². The molecule has 0 aliphatic carbocycles. The SMILES string of the molecule is CN(CC(C)(C)C)c1ccc(/C(N)=N/O)nc1. The monoisotopic (exact) mass is 236 g/mol. The van der Waals surface area contributed by atoms with Gasteiger partial charge in [0.1, 0.15) is 5.69 Å². The van der Waals surface area contributed by atoms with E-state index in [4.69, 9.17) is 10.9 Å². The number of rotatable bonds is 3. The van der Waals surface area contributed by atoms with Crippen molar-refractivity contribution in [3.63, 3.8) is 0 Å². The summed E-state index contributed by atoms with van der Waals surface area (Å²) in [7, 11) is 2.02. The lowest BCUT2D eigenvalue weighted by Gasteiger charge is -2.28. The zero-order valence-electron chi connectivity index (χ0n) is 10.8. The summed E-state index contributed by atoms with van der Waals surface area (Å²) >= 11 is 0. The Morgan fingerprint density at radius 1 is 1.47 bits per heavy atom. The number of hydrogen-bond acceptors (Lipinski definition) is 4. The summed E-state index contributed by atoms with van der Waals surface area (Å²) in [6.45, 7) is 7.47. The van der Waals surface area contributed by atoms with Gasteiger partial charge < -0.3 is 15.8 Å². The van der Waals surface area contributed by atoms with Crippen molar-refractivity contribution < 1.29 is 5.21 Å². The normalized spacial score (nSPS) is 12.6. The molecule has 94 valence electrons. The molecule has 0 amide bonds. The number of nitrogens with two attached hydrogens (primary N) is 1. The highest BCUT2D eigenvalue weighted by Crippen LogP contribution is 2.19. The number of hydrogen-bond donors (Lipinski definition) is 2. The van der Waals surface area contributed by atoms with Gasteiger partial charge in [0.05, 0.1) is 11.9 Å². The van der Waals surface area contributed by atoms with E-state index in [9.17, 15) is 0 Å². The molecular weight excluding hydrogens is 216 g/mol. The molecule has 0 spiro atoms. The molecule has 0 unspecified atom stereocenters. The quantitative estimate of drug-likeness (QED) is 0.362. The molecule has 1 aromatic heterocycles. The Labute approximate surface area is 102 Å². The van der Waals surface area contributed by atoms with E-state index in [0.717, 1.165) is 12.2 Å². The van der Waals surface area contributed by atoms with Crippen molar-refractivity contribution in [3.8, 4) is 0 Å². The van der Waals surface area contributed by atoms with Crippen LogP contribution in [0.25, 0.3) is 0 Å². The van der Waals surface area contributed by atoms with Crippen LogP contribution in [-0.4, -0.2) is 29.6 Å². The maximum absolute atomic E-state index is 8.53. The summed E-state index contributed by atoms with van der Waals surface area (Å²) in [6.07, 6.45) is 1.72. The van der Waals surface area contributed by atoms with Crippen LogP contribution in [-0.2, 0) is 0 Å². The standard InChI is InChI=1S/C12H20N4O/c1-12(2,3)8-16(4)9-5-6-10(14-7-9)11(13)15-17/h5-7,17H,8H2,1-4H3,(H2,13,15). The number of anilines is 1. The van der Waals surface area contributed by atoms with Crippen molar-refractivity contribution in [1.82, 2.24) is 4.98 Å². The van der Waals surface area contributed by atoms with Gasteiger partial charge in [0, 0.05) is 13.6 Å². The molecule has 0 fully saturated rings. The summed E-state index contributed by atoms with van der Waals surface area (Å²) in [5.74, 6) is 0.0232. The molecule has 5 heteroatoms. The van der Waals surface area contributed by atoms with Gasteiger partial charge in [0.2, 0.25) is 0 Å². The number of oxime groups is 1. The Hall–Kier alpha value is -1.78. The van der Waals surface area contributed by atoms with Gasteiger partial charge in [-0.1, -0.05) is 25.9 Å². The highest BCUT2D eigenvalue weighted by Gasteiger charge is 2.14. The second kappa shape index (κ2) is 5.03. The minimum Gasteiger partial charge on any atom is -0.409 e. The first-order valence-electron chi connectivity index (χ1n) is 5.48. The van der Waals surface area contributed by atoms with Gasteiger partial charge in [-0.15, -0.1) is 0 Å². The van der Waals surface area contributed by atoms with E-state index >= 15 is 0 Å². The molecule has 1 heterocycles. The number of pyridine rings is 1. The zero-order valence-corrected chi connectivity index (χ0v) is 10.8. The maximum atomic E-state index is 8.53. The van der Waals surface area contributed by atoms with Gasteiger partial charge in [-0.05, 0) is 17.5 Å². The van der Waals surface area contributed by atoms with Crippen LogP contribution in [0.5, 0.6) is 0 Å². The molecule has 5 nitrogen and oxygen atoms in total. The third kappa shape index (κ3) is 3.94. The molecule has 1 rings (SSSR count). The average molecular weight is 236 g/mol. The average Bonchev–Trinajstić information content (AvgIpc) is 2.26. The third-order valence-electron chi connectivity index (χ3n) is 2.27. The Morgan fingerprint density at radius 3 is 2.53 bits per heavy atom. The molecule has 0 aliphatic rings. The van der Waals surface area contributed by atoms with E-state index < -0.39 is 0 Å². The molecule has 0 atom stereocenters. The van der Waals surface area contributed by atoms with Gasteiger partial charge in [-0.3, -0.25) is 4.98 Å². The summed E-state index contributed by atoms with van der Waals surface area (Å²) < 4.78 is 0. The molecule has 0 aromatic carbocycles. The molecule has 0 radical (unpaired) electrons. The molecular formula is C12H20N4O. The van der Waals surface area contributed by atoms with Crippen LogP contribution >= 0.6 is 0 Å². The lowest BCUT2D eigenvalue weighted by atomic mass is 9.96. The van der Waals surface area contributed by atoms with E-state index in [-0.39, 0.29) is 11.3 Å². The maximum Gasteiger partial charge on any atom is 0.188 e. The lowest BCUT2D eigenvalue weighted by Crippen LogP contribution is -2.29. The van der Waals surface area contributed by atoms with Crippen molar-refractivity contribution in [2.75, 3.05) is 18.5 Å². The van der Waals surface area contributed by atoms with Crippen molar-refractivity contribution >= 4 is 11.5 Å². The summed E-state index contributed by atoms with van der Waals surface area (Å²) in [5, 5.41) is 11.4. The first-order valence-corrected chi connectivity index (χ1v) is 5.48. The molecule has 17 heavy (non-hydrogen) atoms. The van der Waals surface area contributed by atoms with Gasteiger partial charge >= 0.3 is 0 Å².